The molecule has 9 heteroatoms. The Morgan fingerprint density at radius 1 is 1.31 bits per heavy atom. The fourth-order valence-electron chi connectivity index (χ4n) is 3.66. The van der Waals surface area contributed by atoms with Gasteiger partial charge < -0.3 is 14.7 Å². The fraction of sp³-hybridized carbons (Fsp3) is 0.450. The quantitative estimate of drug-likeness (QED) is 0.605. The van der Waals surface area contributed by atoms with Crippen LogP contribution in [0.3, 0.4) is 0 Å². The lowest BCUT2D eigenvalue weighted by atomic mass is 9.97. The van der Waals surface area contributed by atoms with Crippen molar-refractivity contribution < 1.29 is 14.6 Å². The second kappa shape index (κ2) is 8.52. The molecule has 4 heterocycles. The second-order valence-corrected chi connectivity index (χ2v) is 7.21. The Morgan fingerprint density at radius 2 is 2.14 bits per heavy atom. The third-order valence-corrected chi connectivity index (χ3v) is 5.28. The maximum atomic E-state index is 11.3. The number of fused-ring (bicyclic) bond motifs is 1. The minimum absolute atomic E-state index is 0.292. The minimum Gasteiger partial charge on any atom is -0.481 e. The number of carboxylic acid groups (broad SMARTS) is 1. The number of aliphatic carboxylic acids is 1. The first-order valence-electron chi connectivity index (χ1n) is 9.78. The van der Waals surface area contributed by atoms with Crippen molar-refractivity contribution in [3.63, 3.8) is 0 Å². The molecule has 3 aromatic heterocycles. The number of methoxy groups -OCH3 is 1. The van der Waals surface area contributed by atoms with Crippen molar-refractivity contribution in [2.45, 2.75) is 25.7 Å². The van der Waals surface area contributed by atoms with E-state index in [1.54, 1.807) is 11.6 Å². The van der Waals surface area contributed by atoms with E-state index in [0.717, 1.165) is 41.3 Å². The Hall–Kier alpha value is -3.07. The Labute approximate surface area is 168 Å². The number of pyridine rings is 1. The molecule has 0 amide bonds. The van der Waals surface area contributed by atoms with Crippen molar-refractivity contribution in [1.29, 1.82) is 0 Å². The summed E-state index contributed by atoms with van der Waals surface area (Å²) in [6.45, 7) is 1.97. The predicted molar refractivity (Wildman–Crippen MR) is 107 cm³/mol. The molecule has 0 radical (unpaired) electrons. The predicted octanol–water partition coefficient (Wildman–Crippen LogP) is 2.07. The van der Waals surface area contributed by atoms with E-state index in [4.69, 9.17) is 14.7 Å². The van der Waals surface area contributed by atoms with E-state index in [0.29, 0.717) is 32.5 Å². The van der Waals surface area contributed by atoms with Crippen molar-refractivity contribution in [3.05, 3.63) is 36.5 Å². The van der Waals surface area contributed by atoms with Gasteiger partial charge in [-0.1, -0.05) is 0 Å². The van der Waals surface area contributed by atoms with Gasteiger partial charge in [0.1, 0.15) is 12.0 Å². The first-order chi connectivity index (χ1) is 14.2. The molecule has 1 aliphatic heterocycles. The molecule has 0 unspecified atom stereocenters. The summed E-state index contributed by atoms with van der Waals surface area (Å²) in [7, 11) is 1.69. The molecule has 9 nitrogen and oxygen atoms in total. The van der Waals surface area contributed by atoms with Gasteiger partial charge in [-0.3, -0.25) is 9.78 Å². The number of ether oxygens (including phenoxy) is 1. The zero-order chi connectivity index (χ0) is 20.2. The standard InChI is InChI=1S/C20H24N6O3/c1-29-10-2-3-16-12-21-18(15-6-9-26-17(11-15)22-13-23-26)19(24-16)25-7-4-14(5-8-25)20(27)28/h6,9,11-14H,2-5,7-8,10H2,1H3,(H,27,28). The number of piperidine rings is 1. The Bertz CT molecular complexity index is 997. The number of rotatable bonds is 7. The molecule has 0 atom stereocenters. The van der Waals surface area contributed by atoms with Crippen LogP contribution in [0.15, 0.2) is 30.9 Å². The van der Waals surface area contributed by atoms with Crippen LogP contribution in [0.25, 0.3) is 16.9 Å². The molecule has 0 spiro atoms. The van der Waals surface area contributed by atoms with E-state index in [1.165, 1.54) is 6.33 Å². The topological polar surface area (TPSA) is 106 Å². The van der Waals surface area contributed by atoms with E-state index in [-0.39, 0.29) is 5.92 Å². The van der Waals surface area contributed by atoms with Crippen LogP contribution >= 0.6 is 0 Å². The molecular weight excluding hydrogens is 372 g/mol. The SMILES string of the molecule is COCCCc1cnc(-c2ccn3ncnc3c2)c(N2CCC(C(=O)O)CC2)n1. The van der Waals surface area contributed by atoms with Crippen molar-refractivity contribution >= 4 is 17.4 Å². The Balaban J connectivity index is 1.67. The van der Waals surface area contributed by atoms with Gasteiger partial charge in [-0.15, -0.1) is 0 Å². The molecule has 0 aromatic carbocycles. The van der Waals surface area contributed by atoms with Crippen LogP contribution in [0.1, 0.15) is 25.0 Å². The van der Waals surface area contributed by atoms with Gasteiger partial charge in [0.2, 0.25) is 0 Å². The van der Waals surface area contributed by atoms with Crippen LogP contribution in [0.4, 0.5) is 5.82 Å². The van der Waals surface area contributed by atoms with E-state index in [9.17, 15) is 9.90 Å². The number of hydrogen-bond acceptors (Lipinski definition) is 7. The average Bonchev–Trinajstić information content (AvgIpc) is 3.22. The maximum Gasteiger partial charge on any atom is 0.306 e. The summed E-state index contributed by atoms with van der Waals surface area (Å²) in [6.07, 6.45) is 8.04. The molecule has 0 aliphatic carbocycles. The summed E-state index contributed by atoms with van der Waals surface area (Å²) in [5.74, 6) is -0.214. The van der Waals surface area contributed by atoms with E-state index in [2.05, 4.69) is 15.0 Å². The van der Waals surface area contributed by atoms with Gasteiger partial charge in [0, 0.05) is 44.8 Å². The van der Waals surface area contributed by atoms with Crippen molar-refractivity contribution in [3.8, 4) is 11.3 Å². The van der Waals surface area contributed by atoms with Gasteiger partial charge in [-0.05, 0) is 37.8 Å². The van der Waals surface area contributed by atoms with Crippen molar-refractivity contribution in [1.82, 2.24) is 24.6 Å². The lowest BCUT2D eigenvalue weighted by Gasteiger charge is -2.32. The van der Waals surface area contributed by atoms with Crippen molar-refractivity contribution in [2.75, 3.05) is 31.7 Å². The number of nitrogens with zero attached hydrogens (tertiary/aromatic N) is 6. The van der Waals surface area contributed by atoms with E-state index < -0.39 is 5.97 Å². The molecule has 0 bridgehead atoms. The van der Waals surface area contributed by atoms with Gasteiger partial charge in [-0.25, -0.2) is 14.5 Å². The largest absolute Gasteiger partial charge is 0.481 e. The van der Waals surface area contributed by atoms with Crippen LogP contribution in [-0.4, -0.2) is 62.4 Å². The zero-order valence-electron chi connectivity index (χ0n) is 16.4. The summed E-state index contributed by atoms with van der Waals surface area (Å²) in [5.41, 5.74) is 3.34. The molecule has 1 aliphatic rings. The van der Waals surface area contributed by atoms with Gasteiger partial charge in [-0.2, -0.15) is 5.10 Å². The highest BCUT2D eigenvalue weighted by molar-refractivity contribution is 5.75. The number of hydrogen-bond donors (Lipinski definition) is 1. The van der Waals surface area contributed by atoms with Crippen LogP contribution in [0, 0.1) is 5.92 Å². The van der Waals surface area contributed by atoms with Crippen LogP contribution in [0.2, 0.25) is 0 Å². The first kappa shape index (κ1) is 19.3. The fourth-order valence-corrected chi connectivity index (χ4v) is 3.66. The Morgan fingerprint density at radius 3 is 2.90 bits per heavy atom. The lowest BCUT2D eigenvalue weighted by Crippen LogP contribution is -2.37. The van der Waals surface area contributed by atoms with E-state index in [1.807, 2.05) is 24.5 Å². The average molecular weight is 396 g/mol. The monoisotopic (exact) mass is 396 g/mol. The smallest absolute Gasteiger partial charge is 0.306 e. The third-order valence-electron chi connectivity index (χ3n) is 5.28. The van der Waals surface area contributed by atoms with Crippen molar-refractivity contribution in [2.24, 2.45) is 5.92 Å². The summed E-state index contributed by atoms with van der Waals surface area (Å²) in [5, 5.41) is 13.4. The zero-order valence-corrected chi connectivity index (χ0v) is 16.4. The van der Waals surface area contributed by atoms with Gasteiger partial charge >= 0.3 is 5.97 Å². The highest BCUT2D eigenvalue weighted by atomic mass is 16.5. The highest BCUT2D eigenvalue weighted by Gasteiger charge is 2.27. The van der Waals surface area contributed by atoms with Crippen LogP contribution in [0.5, 0.6) is 0 Å². The highest BCUT2D eigenvalue weighted by Crippen LogP contribution is 2.31. The number of carboxylic acids is 1. The molecule has 0 saturated carbocycles. The summed E-state index contributed by atoms with van der Waals surface area (Å²) >= 11 is 0. The molecule has 1 saturated heterocycles. The maximum absolute atomic E-state index is 11.3. The molecule has 4 rings (SSSR count). The van der Waals surface area contributed by atoms with Gasteiger partial charge in [0.05, 0.1) is 11.6 Å². The molecule has 3 aromatic rings. The molecule has 1 N–H and O–H groups in total. The van der Waals surface area contributed by atoms with Gasteiger partial charge in [0.15, 0.2) is 11.5 Å². The normalized spacial score (nSPS) is 15.1. The molecular formula is C20H24N6O3. The summed E-state index contributed by atoms with van der Waals surface area (Å²) in [4.78, 5) is 27.3. The number of carbonyl (C=O) groups is 1. The number of anilines is 1. The first-order valence-corrected chi connectivity index (χ1v) is 9.78. The van der Waals surface area contributed by atoms with Crippen LogP contribution < -0.4 is 4.90 Å². The number of aromatic nitrogens is 5. The minimum atomic E-state index is -0.721. The lowest BCUT2D eigenvalue weighted by molar-refractivity contribution is -0.142. The third kappa shape index (κ3) is 4.19. The Kier molecular flexibility index (Phi) is 5.66. The number of aryl methyl sites for hydroxylation is 1. The molecule has 1 fully saturated rings. The summed E-state index contributed by atoms with van der Waals surface area (Å²) in [6, 6.07) is 3.89. The molecule has 29 heavy (non-hydrogen) atoms. The molecule has 152 valence electrons. The van der Waals surface area contributed by atoms with E-state index >= 15 is 0 Å². The van der Waals surface area contributed by atoms with Gasteiger partial charge in [0.25, 0.3) is 0 Å². The van der Waals surface area contributed by atoms with Crippen LogP contribution in [-0.2, 0) is 16.0 Å². The second-order valence-electron chi connectivity index (χ2n) is 7.21. The summed E-state index contributed by atoms with van der Waals surface area (Å²) < 4.78 is 6.84.